The van der Waals surface area contributed by atoms with Gasteiger partial charge in [-0.3, -0.25) is 14.5 Å². The molecule has 1 aliphatic heterocycles. The molecule has 2 heterocycles. The molecule has 0 spiro atoms. The summed E-state index contributed by atoms with van der Waals surface area (Å²) in [6.07, 6.45) is 1.21. The Labute approximate surface area is 180 Å². The third kappa shape index (κ3) is 4.39. The first-order valence-electron chi connectivity index (χ1n) is 10.1. The molecule has 1 N–H and O–H groups in total. The van der Waals surface area contributed by atoms with E-state index in [2.05, 4.69) is 36.5 Å². The monoisotopic (exact) mass is 420 g/mol. The van der Waals surface area contributed by atoms with E-state index in [4.69, 9.17) is 4.74 Å². The lowest BCUT2D eigenvalue weighted by atomic mass is 10.0. The van der Waals surface area contributed by atoms with Crippen molar-refractivity contribution in [1.29, 1.82) is 0 Å². The van der Waals surface area contributed by atoms with Crippen LogP contribution in [0.2, 0.25) is 0 Å². The number of ether oxygens (including phenoxy) is 1. The van der Waals surface area contributed by atoms with Crippen LogP contribution in [0.3, 0.4) is 0 Å². The molecule has 0 fully saturated rings. The molecule has 0 unspecified atom stereocenters. The fourth-order valence-corrected chi connectivity index (χ4v) is 4.37. The van der Waals surface area contributed by atoms with Crippen LogP contribution in [0, 0.1) is 0 Å². The Hall–Kier alpha value is -3.12. The third-order valence-electron chi connectivity index (χ3n) is 5.19. The van der Waals surface area contributed by atoms with E-state index in [0.717, 1.165) is 16.9 Å². The highest BCUT2D eigenvalue weighted by molar-refractivity contribution is 7.10. The number of nitrogens with one attached hydrogen (secondary N) is 1. The Bertz CT molecular complexity index is 1020. The molecule has 30 heavy (non-hydrogen) atoms. The van der Waals surface area contributed by atoms with Crippen LogP contribution in [-0.2, 0) is 16.0 Å². The molecule has 5 nitrogen and oxygen atoms in total. The van der Waals surface area contributed by atoms with Crippen molar-refractivity contribution in [3.05, 3.63) is 82.0 Å². The van der Waals surface area contributed by atoms with Crippen LogP contribution in [0.1, 0.15) is 35.4 Å². The molecule has 0 saturated heterocycles. The maximum Gasteiger partial charge on any atom is 0.240 e. The van der Waals surface area contributed by atoms with E-state index in [9.17, 15) is 9.59 Å². The molecule has 0 aliphatic carbocycles. The highest BCUT2D eigenvalue weighted by atomic mass is 32.1. The number of carbonyl (C=O) groups is 2. The van der Waals surface area contributed by atoms with Gasteiger partial charge in [0.05, 0.1) is 24.8 Å². The fourth-order valence-electron chi connectivity index (χ4n) is 3.56. The molecule has 4 rings (SSSR count). The molecule has 1 aliphatic rings. The van der Waals surface area contributed by atoms with Crippen LogP contribution in [0.15, 0.2) is 66.0 Å². The van der Waals surface area contributed by atoms with Gasteiger partial charge in [-0.2, -0.15) is 0 Å². The maximum absolute atomic E-state index is 13.0. The summed E-state index contributed by atoms with van der Waals surface area (Å²) in [5.41, 5.74) is 2.91. The van der Waals surface area contributed by atoms with Crippen molar-refractivity contribution >= 4 is 28.8 Å². The van der Waals surface area contributed by atoms with Gasteiger partial charge < -0.3 is 10.1 Å². The second-order valence-electron chi connectivity index (χ2n) is 7.16. The van der Waals surface area contributed by atoms with Crippen LogP contribution in [0.25, 0.3) is 0 Å². The van der Waals surface area contributed by atoms with Crippen molar-refractivity contribution in [2.45, 2.75) is 25.8 Å². The number of nitrogens with zero attached hydrogens (tertiary/aromatic N) is 1. The number of carbonyl (C=O) groups excluding carboxylic acids is 2. The fraction of sp³-hybridized carbons (Fsp3) is 0.250. The number of amides is 2. The van der Waals surface area contributed by atoms with Crippen LogP contribution in [0.4, 0.5) is 5.69 Å². The molecule has 6 heteroatoms. The third-order valence-corrected chi connectivity index (χ3v) is 6.12. The first-order valence-corrected chi connectivity index (χ1v) is 11.0. The molecular formula is C24H24N2O3S. The summed E-state index contributed by atoms with van der Waals surface area (Å²) in [4.78, 5) is 28.2. The summed E-state index contributed by atoms with van der Waals surface area (Å²) < 4.78 is 5.67. The molecular weight excluding hydrogens is 396 g/mol. The van der Waals surface area contributed by atoms with Crippen molar-refractivity contribution in [2.75, 3.05) is 18.1 Å². The van der Waals surface area contributed by atoms with Gasteiger partial charge in [0.1, 0.15) is 12.3 Å². The zero-order chi connectivity index (χ0) is 20.9. The van der Waals surface area contributed by atoms with E-state index in [0.29, 0.717) is 18.0 Å². The quantitative estimate of drug-likeness (QED) is 0.646. The van der Waals surface area contributed by atoms with Crippen LogP contribution in [0.5, 0.6) is 5.75 Å². The van der Waals surface area contributed by atoms with E-state index >= 15 is 0 Å². The predicted octanol–water partition coefficient (Wildman–Crippen LogP) is 4.33. The first kappa shape index (κ1) is 20.2. The van der Waals surface area contributed by atoms with Crippen molar-refractivity contribution in [2.24, 2.45) is 0 Å². The van der Waals surface area contributed by atoms with Gasteiger partial charge in [-0.1, -0.05) is 49.4 Å². The smallest absolute Gasteiger partial charge is 0.240 e. The van der Waals surface area contributed by atoms with Crippen molar-refractivity contribution in [3.8, 4) is 5.75 Å². The lowest BCUT2D eigenvalue weighted by molar-refractivity contribution is -0.124. The second-order valence-corrected chi connectivity index (χ2v) is 8.14. The molecule has 3 aromatic rings. The van der Waals surface area contributed by atoms with Crippen LogP contribution in [-0.4, -0.2) is 25.0 Å². The van der Waals surface area contributed by atoms with Crippen LogP contribution >= 0.6 is 11.3 Å². The van der Waals surface area contributed by atoms with Gasteiger partial charge in [-0.15, -0.1) is 11.3 Å². The van der Waals surface area contributed by atoms with Crippen molar-refractivity contribution in [3.63, 3.8) is 0 Å². The van der Waals surface area contributed by atoms with E-state index in [1.807, 2.05) is 41.8 Å². The molecule has 0 bridgehead atoms. The Kier molecular flexibility index (Phi) is 6.14. The Morgan fingerprint density at radius 3 is 2.67 bits per heavy atom. The Morgan fingerprint density at radius 2 is 1.93 bits per heavy atom. The standard InChI is InChI=1S/C24H24N2O3S/c1-2-17-9-11-18(12-10-17)24(21-8-5-15-30-21)25-22(27)16-26-19-6-3-4-7-20(19)29-14-13-23(26)28/h3-12,15,24H,2,13-14,16H2,1H3,(H,25,27)/t24-/m1/s1. The van der Waals surface area contributed by atoms with E-state index < -0.39 is 0 Å². The topological polar surface area (TPSA) is 58.6 Å². The SMILES string of the molecule is CCc1ccc([C@@H](NC(=O)CN2C(=O)CCOc3ccccc32)c2cccs2)cc1. The van der Waals surface area contributed by atoms with Crippen molar-refractivity contribution in [1.82, 2.24) is 5.32 Å². The number of rotatable bonds is 6. The zero-order valence-electron chi connectivity index (χ0n) is 16.8. The van der Waals surface area contributed by atoms with Gasteiger partial charge in [0, 0.05) is 4.88 Å². The highest BCUT2D eigenvalue weighted by Crippen LogP contribution is 2.31. The molecule has 154 valence electrons. The molecule has 1 aromatic heterocycles. The van der Waals surface area contributed by atoms with Crippen LogP contribution < -0.4 is 15.0 Å². The molecule has 0 radical (unpaired) electrons. The largest absolute Gasteiger partial charge is 0.491 e. The van der Waals surface area contributed by atoms with Crippen molar-refractivity contribution < 1.29 is 14.3 Å². The molecule has 0 saturated carbocycles. The summed E-state index contributed by atoms with van der Waals surface area (Å²) in [5, 5.41) is 5.13. The van der Waals surface area contributed by atoms with E-state index in [1.165, 1.54) is 10.5 Å². The Morgan fingerprint density at radius 1 is 1.13 bits per heavy atom. The minimum absolute atomic E-state index is 0.0475. The van der Waals surface area contributed by atoms with E-state index in [1.54, 1.807) is 11.3 Å². The second kappa shape index (κ2) is 9.13. The lowest BCUT2D eigenvalue weighted by Crippen LogP contribution is -2.41. The average molecular weight is 421 g/mol. The predicted molar refractivity (Wildman–Crippen MR) is 119 cm³/mol. The number of thiophene rings is 1. The maximum atomic E-state index is 13.0. The molecule has 2 amide bonds. The number of aryl methyl sites for hydroxylation is 1. The molecule has 1 atom stereocenters. The summed E-state index contributed by atoms with van der Waals surface area (Å²) in [7, 11) is 0. The number of para-hydroxylation sites is 2. The summed E-state index contributed by atoms with van der Waals surface area (Å²) in [6.45, 7) is 2.39. The highest BCUT2D eigenvalue weighted by Gasteiger charge is 2.26. The number of anilines is 1. The van der Waals surface area contributed by atoms with Gasteiger partial charge >= 0.3 is 0 Å². The summed E-state index contributed by atoms with van der Waals surface area (Å²) in [6, 6.07) is 19.4. The summed E-state index contributed by atoms with van der Waals surface area (Å²) >= 11 is 1.60. The number of hydrogen-bond donors (Lipinski definition) is 1. The summed E-state index contributed by atoms with van der Waals surface area (Å²) in [5.74, 6) is 0.300. The van der Waals surface area contributed by atoms with Gasteiger partial charge in [-0.25, -0.2) is 0 Å². The number of fused-ring (bicyclic) bond motifs is 1. The van der Waals surface area contributed by atoms with Gasteiger partial charge in [0.25, 0.3) is 0 Å². The number of benzene rings is 2. The lowest BCUT2D eigenvalue weighted by Gasteiger charge is -2.24. The van der Waals surface area contributed by atoms with E-state index in [-0.39, 0.29) is 30.8 Å². The van der Waals surface area contributed by atoms with Gasteiger partial charge in [0.2, 0.25) is 11.8 Å². The Balaban J connectivity index is 1.56. The normalized spacial score (nSPS) is 14.4. The first-order chi connectivity index (χ1) is 14.7. The molecule has 2 aromatic carbocycles. The minimum Gasteiger partial charge on any atom is -0.491 e. The average Bonchev–Trinajstić information content (AvgIpc) is 3.26. The number of hydrogen-bond acceptors (Lipinski definition) is 4. The zero-order valence-corrected chi connectivity index (χ0v) is 17.7. The van der Waals surface area contributed by atoms with Gasteiger partial charge in [-0.05, 0) is 41.1 Å². The minimum atomic E-state index is -0.253. The van der Waals surface area contributed by atoms with Gasteiger partial charge in [0.15, 0.2) is 0 Å².